The molecule has 50 heavy (non-hydrogen) atoms. The normalized spacial score (nSPS) is 12.1. The molecule has 0 atom stereocenters. The molecule has 0 aliphatic rings. The topological polar surface area (TPSA) is 109 Å². The molecule has 250 valence electrons. The predicted molar refractivity (Wildman–Crippen MR) is 200 cm³/mol. The Balaban J connectivity index is 1.60. The molecule has 8 rings (SSSR count). The van der Waals surface area contributed by atoms with Crippen LogP contribution in [0.15, 0.2) is 92.0 Å². The number of hydrogen-bond donors (Lipinski definition) is 0. The molecule has 0 N–H and O–H groups in total. The number of ether oxygens (including phenoxy) is 1. The molecule has 0 saturated carbocycles. The number of hydrogen-bond acceptors (Lipinski definition) is 6. The van der Waals surface area contributed by atoms with E-state index in [4.69, 9.17) is 4.74 Å². The van der Waals surface area contributed by atoms with Crippen molar-refractivity contribution < 1.29 is 9.53 Å². The molecule has 0 fully saturated rings. The molecular weight excluding hydrogens is 630 g/mol. The summed E-state index contributed by atoms with van der Waals surface area (Å²) in [4.78, 5) is 68.4. The fourth-order valence-electron chi connectivity index (χ4n) is 7.66. The maximum Gasteiger partial charge on any atom is 0.338 e. The van der Waals surface area contributed by atoms with E-state index in [1.165, 1.54) is 9.13 Å². The Labute approximate surface area is 285 Å². The summed E-state index contributed by atoms with van der Waals surface area (Å²) in [6.07, 6.45) is 3.05. The maximum atomic E-state index is 14.1. The van der Waals surface area contributed by atoms with Crippen LogP contribution in [0, 0.1) is 0 Å². The average molecular weight is 666 g/mol. The summed E-state index contributed by atoms with van der Waals surface area (Å²) in [6.45, 7) is 6.69. The summed E-state index contributed by atoms with van der Waals surface area (Å²) in [5.41, 5.74) is 1.29. The van der Waals surface area contributed by atoms with Crippen LogP contribution in [-0.2, 0) is 17.8 Å². The molecule has 0 bridgehead atoms. The van der Waals surface area contributed by atoms with Gasteiger partial charge in [0.2, 0.25) is 0 Å². The second kappa shape index (κ2) is 11.9. The number of rotatable bonds is 9. The van der Waals surface area contributed by atoms with Gasteiger partial charge in [0.05, 0.1) is 23.2 Å². The molecule has 8 aromatic rings. The van der Waals surface area contributed by atoms with Crippen molar-refractivity contribution >= 4 is 70.9 Å². The highest BCUT2D eigenvalue weighted by Crippen LogP contribution is 2.43. The summed E-state index contributed by atoms with van der Waals surface area (Å²) in [7, 11) is 0. The van der Waals surface area contributed by atoms with Gasteiger partial charge in [-0.05, 0) is 68.3 Å². The smallest absolute Gasteiger partial charge is 0.338 e. The van der Waals surface area contributed by atoms with E-state index < -0.39 is 5.97 Å². The van der Waals surface area contributed by atoms with Crippen molar-refractivity contribution in [2.75, 3.05) is 6.61 Å². The highest BCUT2D eigenvalue weighted by atomic mass is 16.5. The summed E-state index contributed by atoms with van der Waals surface area (Å²) >= 11 is 0. The van der Waals surface area contributed by atoms with Gasteiger partial charge in [-0.25, -0.2) is 4.79 Å². The van der Waals surface area contributed by atoms with Gasteiger partial charge in [0.15, 0.2) is 0 Å². The zero-order valence-corrected chi connectivity index (χ0v) is 28.2. The van der Waals surface area contributed by atoms with E-state index in [2.05, 4.69) is 4.57 Å². The lowest BCUT2D eigenvalue weighted by Crippen LogP contribution is -2.33. The second-order valence-electron chi connectivity index (χ2n) is 12.9. The van der Waals surface area contributed by atoms with Crippen molar-refractivity contribution in [1.29, 1.82) is 0 Å². The Hall–Kier alpha value is -5.83. The maximum absolute atomic E-state index is 14.1. The standard InChI is InChI=1S/C41H35N3O6/c1-4-7-19-42-37(45)27-13-9-11-25-33(27)31(39(42)47)21-29-30-22-32-34-26(12-10-14-28(34)38(46)43(40(32)48)20-8-5-2)36(30)44(35(25)29)24-17-15-23(16-18-24)41(49)50-6-3/h9-18,21-22H,4-8,19-20H2,1-3H3. The zero-order valence-electron chi connectivity index (χ0n) is 28.2. The SMILES string of the molecule is CCCCn1c(=O)c2cccc3c2c(cc2c4cc5c(=O)n(CCCC)c(=O)c6cccc(c65)c4n(-c4ccc(C(=O)OCC)cc4)c23)c1=O. The molecule has 0 spiro atoms. The van der Waals surface area contributed by atoms with E-state index in [0.717, 1.165) is 40.3 Å². The van der Waals surface area contributed by atoms with E-state index in [9.17, 15) is 24.0 Å². The molecule has 0 radical (unpaired) electrons. The number of carbonyl (C=O) groups is 1. The van der Waals surface area contributed by atoms with Crippen LogP contribution in [0.25, 0.3) is 70.6 Å². The highest BCUT2D eigenvalue weighted by molar-refractivity contribution is 6.31. The predicted octanol–water partition coefficient (Wildman–Crippen LogP) is 7.09. The second-order valence-corrected chi connectivity index (χ2v) is 12.9. The van der Waals surface area contributed by atoms with Crippen LogP contribution in [0.4, 0.5) is 0 Å². The number of esters is 1. The quantitative estimate of drug-likeness (QED) is 0.152. The molecular formula is C41H35N3O6. The molecule has 0 aliphatic heterocycles. The van der Waals surface area contributed by atoms with Gasteiger partial charge in [0, 0.05) is 72.6 Å². The minimum Gasteiger partial charge on any atom is -0.462 e. The van der Waals surface area contributed by atoms with E-state index >= 15 is 0 Å². The van der Waals surface area contributed by atoms with Gasteiger partial charge in [-0.15, -0.1) is 0 Å². The monoisotopic (exact) mass is 665 g/mol. The zero-order chi connectivity index (χ0) is 34.8. The lowest BCUT2D eigenvalue weighted by Gasteiger charge is -2.15. The first-order valence-corrected chi connectivity index (χ1v) is 17.3. The molecule has 0 aliphatic carbocycles. The Morgan fingerprint density at radius 2 is 1.00 bits per heavy atom. The molecule has 0 unspecified atom stereocenters. The minimum atomic E-state index is -0.431. The highest BCUT2D eigenvalue weighted by Gasteiger charge is 2.25. The van der Waals surface area contributed by atoms with Crippen LogP contribution in [0.2, 0.25) is 0 Å². The third-order valence-electron chi connectivity index (χ3n) is 10.0. The van der Waals surface area contributed by atoms with Crippen molar-refractivity contribution in [3.8, 4) is 5.69 Å². The van der Waals surface area contributed by atoms with Gasteiger partial charge in [0.25, 0.3) is 22.2 Å². The van der Waals surface area contributed by atoms with Crippen LogP contribution in [0.1, 0.15) is 56.8 Å². The molecule has 9 heteroatoms. The van der Waals surface area contributed by atoms with E-state index in [0.29, 0.717) is 74.6 Å². The van der Waals surface area contributed by atoms with E-state index in [1.807, 2.05) is 62.4 Å². The Morgan fingerprint density at radius 1 is 0.560 bits per heavy atom. The molecule has 0 saturated heterocycles. The fraction of sp³-hybridized carbons (Fsp3) is 0.244. The summed E-state index contributed by atoms with van der Waals surface area (Å²) in [6, 6.07) is 21.8. The Kier molecular flexibility index (Phi) is 7.51. The van der Waals surface area contributed by atoms with Crippen molar-refractivity contribution in [3.63, 3.8) is 0 Å². The number of nitrogens with zero attached hydrogens (tertiary/aromatic N) is 3. The van der Waals surface area contributed by atoms with Crippen molar-refractivity contribution in [3.05, 3.63) is 120 Å². The van der Waals surface area contributed by atoms with Crippen molar-refractivity contribution in [2.45, 2.75) is 59.5 Å². The van der Waals surface area contributed by atoms with Gasteiger partial charge in [0.1, 0.15) is 0 Å². The average Bonchev–Trinajstić information content (AvgIpc) is 3.47. The van der Waals surface area contributed by atoms with Gasteiger partial charge in [-0.2, -0.15) is 0 Å². The first-order valence-electron chi connectivity index (χ1n) is 17.3. The molecule has 0 amide bonds. The number of unbranched alkanes of at least 4 members (excludes halogenated alkanes) is 2. The van der Waals surface area contributed by atoms with Crippen LogP contribution in [-0.4, -0.2) is 26.3 Å². The molecule has 9 nitrogen and oxygen atoms in total. The van der Waals surface area contributed by atoms with Crippen LogP contribution < -0.4 is 22.2 Å². The van der Waals surface area contributed by atoms with Crippen LogP contribution in [0.3, 0.4) is 0 Å². The number of aromatic nitrogens is 3. The van der Waals surface area contributed by atoms with Gasteiger partial charge in [-0.1, -0.05) is 51.0 Å². The van der Waals surface area contributed by atoms with E-state index in [1.54, 1.807) is 31.2 Å². The summed E-state index contributed by atoms with van der Waals surface area (Å²) in [5.74, 6) is -0.431. The lowest BCUT2D eigenvalue weighted by atomic mass is 9.96. The van der Waals surface area contributed by atoms with Gasteiger partial charge >= 0.3 is 5.97 Å². The summed E-state index contributed by atoms with van der Waals surface area (Å²) in [5, 5.41) is 5.86. The number of benzene rings is 5. The third kappa shape index (κ3) is 4.42. The molecule has 3 aromatic heterocycles. The lowest BCUT2D eigenvalue weighted by molar-refractivity contribution is 0.0526. The van der Waals surface area contributed by atoms with Crippen molar-refractivity contribution in [1.82, 2.24) is 13.7 Å². The molecule has 5 aromatic carbocycles. The van der Waals surface area contributed by atoms with Crippen molar-refractivity contribution in [2.24, 2.45) is 0 Å². The van der Waals surface area contributed by atoms with Gasteiger partial charge < -0.3 is 9.30 Å². The number of carbonyl (C=O) groups excluding carboxylic acids is 1. The molecule has 3 heterocycles. The van der Waals surface area contributed by atoms with E-state index in [-0.39, 0.29) is 28.8 Å². The Bertz CT molecular complexity index is 2730. The number of fused-ring (bicyclic) bond motifs is 5. The third-order valence-corrected chi connectivity index (χ3v) is 10.0. The largest absolute Gasteiger partial charge is 0.462 e. The minimum absolute atomic E-state index is 0.251. The van der Waals surface area contributed by atoms with Gasteiger partial charge in [-0.3, -0.25) is 28.3 Å². The van der Waals surface area contributed by atoms with Crippen LogP contribution in [0.5, 0.6) is 0 Å². The number of pyridine rings is 2. The Morgan fingerprint density at radius 3 is 1.44 bits per heavy atom. The summed E-state index contributed by atoms with van der Waals surface area (Å²) < 4.78 is 9.97. The first-order chi connectivity index (χ1) is 24.3. The fourth-order valence-corrected chi connectivity index (χ4v) is 7.66. The van der Waals surface area contributed by atoms with Crippen LogP contribution >= 0.6 is 0 Å². The first kappa shape index (κ1) is 31.4.